The van der Waals surface area contributed by atoms with Gasteiger partial charge in [-0.05, 0) is 0 Å². The molecule has 0 aliphatic carbocycles. The molecule has 0 unspecified atom stereocenters. The van der Waals surface area contributed by atoms with Gasteiger partial charge in [0.1, 0.15) is 0 Å². The van der Waals surface area contributed by atoms with E-state index in [1.807, 2.05) is 0 Å². The molecule has 0 saturated carbocycles. The third kappa shape index (κ3) is 536. The predicted molar refractivity (Wildman–Crippen MR) is 14.5 cm³/mol. The molecule has 0 spiro atoms. The summed E-state index contributed by atoms with van der Waals surface area (Å²) in [5.41, 5.74) is 0. The topological polar surface area (TPSA) is 0 Å². The largest absolute Gasteiger partial charge is 0.507 e. The predicted octanol–water partition coefficient (Wildman–Crippen LogP) is 0.993. The van der Waals surface area contributed by atoms with Crippen molar-refractivity contribution in [3.63, 3.8) is 0 Å². The van der Waals surface area contributed by atoms with E-state index < -0.39 is 0 Å². The minimum atomic E-state index is 0. The Kier molecular flexibility index (Phi) is 184. The molecule has 5 heavy (non-hydrogen) atoms. The van der Waals surface area contributed by atoms with E-state index >= 15 is 0 Å². The molecule has 0 bridgehead atoms. The van der Waals surface area contributed by atoms with Crippen molar-refractivity contribution in [1.29, 1.82) is 0 Å². The molecule has 1 radical (unpaired) electrons. The molecule has 0 fully saturated rings. The molecule has 0 saturated heterocycles. The molecule has 0 atom stereocenters. The summed E-state index contributed by atoms with van der Waals surface area (Å²) in [5.74, 6) is 0. The summed E-state index contributed by atoms with van der Waals surface area (Å²) in [6.07, 6.45) is 2.50. The number of hydrogen-bond donors (Lipinski definition) is 0. The molecule has 0 N–H and O–H groups in total. The van der Waals surface area contributed by atoms with Gasteiger partial charge in [0.15, 0.2) is 0 Å². The molecular weight excluding hydrogens is 392 g/mol. The van der Waals surface area contributed by atoms with Gasteiger partial charge < -0.3 is 6.08 Å². The molecule has 0 aliphatic rings. The van der Waals surface area contributed by atoms with Crippen LogP contribution in [0.5, 0.6) is 0 Å². The van der Waals surface area contributed by atoms with E-state index in [9.17, 15) is 0 Å². The number of rotatable bonds is 0. The summed E-state index contributed by atoms with van der Waals surface area (Å²) in [4.78, 5) is 0. The first kappa shape index (κ1) is 21.1. The van der Waals surface area contributed by atoms with Crippen LogP contribution in [0.15, 0.2) is 6.58 Å². The summed E-state index contributed by atoms with van der Waals surface area (Å²) in [7, 11) is 0. The molecule has 23 valence electrons. The SMILES string of the molecule is C=[C-]C.[Rf].[Y]. The Morgan fingerprint density at radius 3 is 1.60 bits per heavy atom. The van der Waals surface area contributed by atoms with Crippen LogP contribution in [0.4, 0.5) is 0 Å². The van der Waals surface area contributed by atoms with Crippen LogP contribution in [-0.4, -0.2) is 0 Å². The van der Waals surface area contributed by atoms with Gasteiger partial charge >= 0.3 is 0 Å². The van der Waals surface area contributed by atoms with Crippen molar-refractivity contribution in [2.75, 3.05) is 0 Å². The van der Waals surface area contributed by atoms with E-state index in [1.54, 1.807) is 6.92 Å². The van der Waals surface area contributed by atoms with Crippen molar-refractivity contribution in [2.24, 2.45) is 0 Å². The smallest absolute Gasteiger partial charge is 0 e. The molecule has 0 heterocycles. The van der Waals surface area contributed by atoms with Crippen LogP contribution < -0.4 is 0 Å². The first-order valence-corrected chi connectivity index (χ1v) is 0.854. The first-order chi connectivity index (χ1) is 1.41. The van der Waals surface area contributed by atoms with E-state index in [2.05, 4.69) is 12.7 Å². The normalized spacial score (nSPS) is 2.60. The minimum Gasteiger partial charge on any atom is -0.507 e. The van der Waals surface area contributed by atoms with E-state index in [4.69, 9.17) is 0 Å². The molecule has 0 aromatic rings. The molecule has 0 aliphatic heterocycles. The fourth-order valence-electron chi connectivity index (χ4n) is 0. The quantitative estimate of drug-likeness (QED) is 0.536. The van der Waals surface area contributed by atoms with Crippen LogP contribution in [0.25, 0.3) is 0 Å². The third-order valence-electron chi connectivity index (χ3n) is 0. The Morgan fingerprint density at radius 2 is 1.60 bits per heavy atom. The van der Waals surface area contributed by atoms with Crippen LogP contribution in [0.2, 0.25) is 0 Å². The number of hydrogen-bond acceptors (Lipinski definition) is 0. The van der Waals surface area contributed by atoms with E-state index in [0.29, 0.717) is 0 Å². The monoisotopic (exact) mass is 397 g/mol. The van der Waals surface area contributed by atoms with Crippen LogP contribution in [0, 0.1) is 6.08 Å². The maximum absolute atomic E-state index is 3.24. The van der Waals surface area contributed by atoms with Crippen molar-refractivity contribution in [2.45, 2.75) is 6.92 Å². The van der Waals surface area contributed by atoms with Crippen LogP contribution in [-0.2, 0) is 32.7 Å². The first-order valence-electron chi connectivity index (χ1n) is 0.854. The molecule has 0 nitrogen and oxygen atoms in total. The van der Waals surface area contributed by atoms with Crippen LogP contribution >= 0.6 is 0 Å². The van der Waals surface area contributed by atoms with E-state index in [1.165, 1.54) is 0 Å². The average Bonchev–Trinajstić information content (AvgIpc) is 0.918. The molecular formula is C3H5RfY-. The third-order valence-corrected chi connectivity index (χ3v) is 0. The summed E-state index contributed by atoms with van der Waals surface area (Å²) in [6.45, 7) is 5.00. The molecule has 0 aromatic heterocycles. The minimum absolute atomic E-state index is 0. The van der Waals surface area contributed by atoms with Crippen LogP contribution in [0.1, 0.15) is 6.92 Å². The van der Waals surface area contributed by atoms with Crippen LogP contribution in [0.3, 0.4) is 0 Å². The maximum Gasteiger partial charge on any atom is 0 e. The zero-order valence-electron chi connectivity index (χ0n) is 3.49. The van der Waals surface area contributed by atoms with Crippen molar-refractivity contribution in [1.82, 2.24) is 0 Å². The van der Waals surface area contributed by atoms with Gasteiger partial charge in [0.25, 0.3) is 0 Å². The van der Waals surface area contributed by atoms with Gasteiger partial charge in [0, 0.05) is 32.7 Å². The van der Waals surface area contributed by atoms with Crippen molar-refractivity contribution >= 4 is 0 Å². The Balaban J connectivity index is -0.0000000200. The Hall–Kier alpha value is -0.156. The van der Waals surface area contributed by atoms with Gasteiger partial charge in [-0.3, -0.25) is 6.58 Å². The second kappa shape index (κ2) is 43.7. The van der Waals surface area contributed by atoms with Gasteiger partial charge in [0.2, 0.25) is 0 Å². The van der Waals surface area contributed by atoms with Gasteiger partial charge in [-0.2, -0.15) is 6.92 Å². The maximum atomic E-state index is 3.24. The van der Waals surface area contributed by atoms with Crippen molar-refractivity contribution in [3.05, 3.63) is 12.7 Å². The standard InChI is InChI=1S/C3H5.Rf.Y/c1-3-2;;/h1H2,2H3;;/q-1;;. The van der Waals surface area contributed by atoms with E-state index in [-0.39, 0.29) is 32.7 Å². The van der Waals surface area contributed by atoms with Gasteiger partial charge in [-0.1, -0.05) is 0 Å². The zero-order chi connectivity index (χ0) is 2.71. The molecule has 2 heteroatoms. The molecule has 0 rings (SSSR count). The number of allylic oxidation sites excluding steroid dienone is 1. The molecule has 0 amide bonds. The fraction of sp³-hybridized carbons (Fsp3) is 0.333. The van der Waals surface area contributed by atoms with Crippen molar-refractivity contribution in [3.8, 4) is 0 Å². The summed E-state index contributed by atoms with van der Waals surface area (Å²) < 4.78 is 0. The second-order valence-electron chi connectivity index (χ2n) is 0.354. The van der Waals surface area contributed by atoms with Gasteiger partial charge in [-0.15, -0.1) is 0 Å². The summed E-state index contributed by atoms with van der Waals surface area (Å²) >= 11 is 0. The van der Waals surface area contributed by atoms with Crippen molar-refractivity contribution < 1.29 is 32.7 Å². The Bertz CT molecular complexity index is 14.4. The average molecular weight is 397 g/mol. The molecule has 0 aromatic carbocycles. The van der Waals surface area contributed by atoms with Gasteiger partial charge in [-0.25, -0.2) is 0 Å². The summed E-state index contributed by atoms with van der Waals surface area (Å²) in [6, 6.07) is 0. The Labute approximate surface area is 52.2 Å². The summed E-state index contributed by atoms with van der Waals surface area (Å²) in [5, 5.41) is 0. The Morgan fingerprint density at radius 1 is 1.60 bits per heavy atom. The zero-order valence-corrected chi connectivity index (χ0v) is 12.7. The fourth-order valence-corrected chi connectivity index (χ4v) is 0. The van der Waals surface area contributed by atoms with Gasteiger partial charge in [0.05, 0.1) is 0 Å². The second-order valence-corrected chi connectivity index (χ2v) is 0.354. The van der Waals surface area contributed by atoms with E-state index in [0.717, 1.165) is 0 Å².